The molecule has 0 saturated carbocycles. The normalized spacial score (nSPS) is 14.5. The Morgan fingerprint density at radius 1 is 0.333 bits per heavy atom. The third kappa shape index (κ3) is 3.42. The molecule has 0 aliphatic rings. The summed E-state index contributed by atoms with van der Waals surface area (Å²) >= 11 is 0. The van der Waals surface area contributed by atoms with E-state index in [-0.39, 0.29) is 45.7 Å². The highest BCUT2D eigenvalue weighted by Gasteiger charge is 2.18. The standard InChI is InChI=1S/C42H26/c1-2-11-28-25-32(21-20-27(28)10-1)41-36-14-5-7-16-38(36)42(39-17-8-6-15-37(39)41)35-19-9-18-33-34(35)23-22-31-24-29-12-3-4-13-30(29)26-40(31)33/h1-26H/i5D,6D,7D,8D,14D,15D,16D,17D. The van der Waals surface area contributed by atoms with Gasteiger partial charge in [-0.1, -0.05) is 139 Å². The van der Waals surface area contributed by atoms with Crippen LogP contribution in [-0.4, -0.2) is 0 Å². The van der Waals surface area contributed by atoms with E-state index in [4.69, 9.17) is 5.48 Å². The van der Waals surface area contributed by atoms with Crippen molar-refractivity contribution in [2.24, 2.45) is 0 Å². The fourth-order valence-corrected chi connectivity index (χ4v) is 6.53. The summed E-state index contributed by atoms with van der Waals surface area (Å²) in [5.41, 5.74) is 1.91. The Kier molecular flexibility index (Phi) is 3.59. The molecule has 0 atom stereocenters. The molecule has 0 aliphatic carbocycles. The zero-order valence-electron chi connectivity index (χ0n) is 30.4. The molecule has 0 bridgehead atoms. The summed E-state index contributed by atoms with van der Waals surface area (Å²) in [5, 5.41) is 8.68. The van der Waals surface area contributed by atoms with Crippen molar-refractivity contribution in [1.82, 2.24) is 0 Å². The van der Waals surface area contributed by atoms with E-state index in [1.807, 2.05) is 84.9 Å². The minimum absolute atomic E-state index is 0.211. The first-order valence-corrected chi connectivity index (χ1v) is 14.0. The van der Waals surface area contributed by atoms with Crippen LogP contribution in [-0.2, 0) is 0 Å². The first kappa shape index (κ1) is 16.7. The lowest BCUT2D eigenvalue weighted by Crippen LogP contribution is -1.92. The molecule has 0 aromatic heterocycles. The Morgan fingerprint density at radius 2 is 0.905 bits per heavy atom. The predicted molar refractivity (Wildman–Crippen MR) is 182 cm³/mol. The highest BCUT2D eigenvalue weighted by atomic mass is 14.2. The molecule has 0 aliphatic heterocycles. The second kappa shape index (κ2) is 9.03. The van der Waals surface area contributed by atoms with Crippen LogP contribution in [0.3, 0.4) is 0 Å². The summed E-state index contributed by atoms with van der Waals surface area (Å²) in [5.74, 6) is 0. The summed E-state index contributed by atoms with van der Waals surface area (Å²) in [6.07, 6.45) is 0. The molecule has 9 rings (SSSR count). The van der Waals surface area contributed by atoms with Crippen molar-refractivity contribution in [2.45, 2.75) is 0 Å². The Labute approximate surface area is 255 Å². The number of benzene rings is 9. The molecule has 0 amide bonds. The molecule has 0 heterocycles. The molecule has 194 valence electrons. The average Bonchev–Trinajstić information content (AvgIpc) is 3.15. The SMILES string of the molecule is [2H]c1c([2H])c([2H])c2c(-c3cccc4c3ccc3cc5ccccc5cc34)c3c([2H])c([2H])c([2H])c([2H])c3c(-c3ccc4ccccc4c3)c2c1[2H]. The molecule has 0 spiro atoms. The highest BCUT2D eigenvalue weighted by Crippen LogP contribution is 2.46. The van der Waals surface area contributed by atoms with Gasteiger partial charge in [0.25, 0.3) is 0 Å². The Morgan fingerprint density at radius 3 is 1.60 bits per heavy atom. The topological polar surface area (TPSA) is 0 Å². The van der Waals surface area contributed by atoms with Crippen molar-refractivity contribution in [1.29, 1.82) is 0 Å². The van der Waals surface area contributed by atoms with Crippen LogP contribution < -0.4 is 0 Å². The van der Waals surface area contributed by atoms with Crippen LogP contribution in [0.15, 0.2) is 158 Å². The molecule has 9 aromatic rings. The van der Waals surface area contributed by atoms with Gasteiger partial charge in [0.15, 0.2) is 0 Å². The number of hydrogen-bond acceptors (Lipinski definition) is 0. The van der Waals surface area contributed by atoms with Crippen LogP contribution >= 0.6 is 0 Å². The van der Waals surface area contributed by atoms with E-state index < -0.39 is 24.2 Å². The minimum atomic E-state index is -0.412. The van der Waals surface area contributed by atoms with Crippen molar-refractivity contribution >= 4 is 64.6 Å². The summed E-state index contributed by atoms with van der Waals surface area (Å²) in [6.45, 7) is 0. The lowest BCUT2D eigenvalue weighted by Gasteiger charge is -2.19. The van der Waals surface area contributed by atoms with E-state index in [1.54, 1.807) is 0 Å². The summed E-state index contributed by atoms with van der Waals surface area (Å²) in [7, 11) is 0. The average molecular weight is 539 g/mol. The second-order valence-corrected chi connectivity index (χ2v) is 10.7. The third-order valence-electron chi connectivity index (χ3n) is 8.43. The minimum Gasteiger partial charge on any atom is -0.0616 e. The highest BCUT2D eigenvalue weighted by molar-refractivity contribution is 6.25. The number of hydrogen-bond donors (Lipinski definition) is 0. The third-order valence-corrected chi connectivity index (χ3v) is 8.43. The van der Waals surface area contributed by atoms with Gasteiger partial charge in [0, 0.05) is 0 Å². The fraction of sp³-hybridized carbons (Fsp3) is 0. The summed E-state index contributed by atoms with van der Waals surface area (Å²) in [6, 6.07) is 33.0. The summed E-state index contributed by atoms with van der Waals surface area (Å²) in [4.78, 5) is 0. The van der Waals surface area contributed by atoms with Crippen molar-refractivity contribution in [3.63, 3.8) is 0 Å². The molecule has 0 fully saturated rings. The number of rotatable bonds is 2. The van der Waals surface area contributed by atoms with Crippen LogP contribution in [0.25, 0.3) is 86.9 Å². The van der Waals surface area contributed by atoms with Gasteiger partial charge in [0.05, 0.1) is 11.0 Å². The van der Waals surface area contributed by atoms with Gasteiger partial charge in [-0.2, -0.15) is 0 Å². The molecular weight excluding hydrogens is 504 g/mol. The molecule has 0 nitrogen and oxygen atoms in total. The lowest BCUT2D eigenvalue weighted by atomic mass is 9.84. The van der Waals surface area contributed by atoms with E-state index in [0.29, 0.717) is 22.3 Å². The second-order valence-electron chi connectivity index (χ2n) is 10.7. The van der Waals surface area contributed by atoms with Gasteiger partial charge in [-0.15, -0.1) is 0 Å². The molecule has 42 heavy (non-hydrogen) atoms. The zero-order chi connectivity index (χ0) is 34.6. The molecule has 0 radical (unpaired) electrons. The maximum atomic E-state index is 9.35. The van der Waals surface area contributed by atoms with Gasteiger partial charge in [0.2, 0.25) is 0 Å². The maximum absolute atomic E-state index is 9.35. The maximum Gasteiger partial charge on any atom is 0.0629 e. The zero-order valence-corrected chi connectivity index (χ0v) is 22.4. The van der Waals surface area contributed by atoms with Crippen molar-refractivity contribution in [2.75, 3.05) is 0 Å². The first-order chi connectivity index (χ1) is 24.2. The quantitative estimate of drug-likeness (QED) is 0.152. The van der Waals surface area contributed by atoms with Gasteiger partial charge in [-0.25, -0.2) is 0 Å². The Hall–Kier alpha value is -5.46. The van der Waals surface area contributed by atoms with Gasteiger partial charge >= 0.3 is 0 Å². The van der Waals surface area contributed by atoms with E-state index in [9.17, 15) is 5.48 Å². The molecule has 0 unspecified atom stereocenters. The van der Waals surface area contributed by atoms with E-state index in [1.165, 1.54) is 0 Å². The van der Waals surface area contributed by atoms with E-state index in [2.05, 4.69) is 24.3 Å². The van der Waals surface area contributed by atoms with Crippen molar-refractivity contribution in [3.8, 4) is 22.3 Å². The largest absolute Gasteiger partial charge is 0.0629 e. The van der Waals surface area contributed by atoms with Crippen LogP contribution in [0.1, 0.15) is 11.0 Å². The van der Waals surface area contributed by atoms with Crippen LogP contribution in [0.4, 0.5) is 0 Å². The first-order valence-electron chi connectivity index (χ1n) is 18.0. The van der Waals surface area contributed by atoms with Crippen LogP contribution in [0.5, 0.6) is 0 Å². The molecule has 9 aromatic carbocycles. The fourth-order valence-electron chi connectivity index (χ4n) is 6.53. The van der Waals surface area contributed by atoms with Gasteiger partial charge in [-0.05, 0) is 105 Å². The van der Waals surface area contributed by atoms with Crippen LogP contribution in [0, 0.1) is 0 Å². The van der Waals surface area contributed by atoms with Gasteiger partial charge in [0.1, 0.15) is 0 Å². The van der Waals surface area contributed by atoms with Crippen LogP contribution in [0.2, 0.25) is 0 Å². The van der Waals surface area contributed by atoms with E-state index in [0.717, 1.165) is 43.1 Å². The van der Waals surface area contributed by atoms with Crippen molar-refractivity contribution < 1.29 is 11.0 Å². The van der Waals surface area contributed by atoms with Gasteiger partial charge in [-0.3, -0.25) is 0 Å². The van der Waals surface area contributed by atoms with Crippen molar-refractivity contribution in [3.05, 3.63) is 158 Å². The smallest absolute Gasteiger partial charge is 0.0616 e. The molecule has 0 saturated heterocycles. The monoisotopic (exact) mass is 538 g/mol. The van der Waals surface area contributed by atoms with Gasteiger partial charge < -0.3 is 0 Å². The Bertz CT molecular complexity index is 2880. The lowest BCUT2D eigenvalue weighted by molar-refractivity contribution is 1.69. The molecular formula is C42H26. The molecule has 0 N–H and O–H groups in total. The Balaban J connectivity index is 1.54. The number of fused-ring (bicyclic) bond motifs is 7. The predicted octanol–water partition coefficient (Wildman–Crippen LogP) is 11.9. The summed E-state index contributed by atoms with van der Waals surface area (Å²) < 4.78 is 72.4. The molecule has 0 heteroatoms. The van der Waals surface area contributed by atoms with E-state index >= 15 is 0 Å².